The first-order chi connectivity index (χ1) is 7.25. The quantitative estimate of drug-likeness (QED) is 0.797. The zero-order valence-electron chi connectivity index (χ0n) is 8.89. The van der Waals surface area contributed by atoms with Crippen LogP contribution >= 0.6 is 0 Å². The fourth-order valence-electron chi connectivity index (χ4n) is 2.38. The molecule has 82 valence electrons. The second-order valence-electron chi connectivity index (χ2n) is 4.48. The van der Waals surface area contributed by atoms with Crippen LogP contribution in [0.2, 0.25) is 0 Å². The van der Waals surface area contributed by atoms with Crippen LogP contribution in [0.3, 0.4) is 0 Å². The molecule has 2 rings (SSSR count). The van der Waals surface area contributed by atoms with E-state index in [-0.39, 0.29) is 11.9 Å². The van der Waals surface area contributed by atoms with Gasteiger partial charge in [0.2, 0.25) is 0 Å². The van der Waals surface area contributed by atoms with Gasteiger partial charge in [-0.2, -0.15) is 0 Å². The summed E-state index contributed by atoms with van der Waals surface area (Å²) in [5.74, 6) is 0.771. The third-order valence-electron chi connectivity index (χ3n) is 3.33. The average molecular weight is 206 g/mol. The fourth-order valence-corrected chi connectivity index (χ4v) is 2.38. The van der Waals surface area contributed by atoms with Gasteiger partial charge < -0.3 is 10.2 Å². The Bertz CT molecular complexity index is 299. The minimum Gasteiger partial charge on any atom is -0.508 e. The molecule has 0 bridgehead atoms. The minimum atomic E-state index is -0.211. The highest BCUT2D eigenvalue weighted by Gasteiger charge is 2.22. The van der Waals surface area contributed by atoms with Crippen molar-refractivity contribution in [2.75, 3.05) is 0 Å². The van der Waals surface area contributed by atoms with Crippen molar-refractivity contribution >= 4 is 0 Å². The summed E-state index contributed by atoms with van der Waals surface area (Å²) in [6.07, 6.45) is 5.36. The molecular weight excluding hydrogens is 188 g/mol. The van der Waals surface area contributed by atoms with Crippen molar-refractivity contribution in [1.29, 1.82) is 0 Å². The van der Waals surface area contributed by atoms with E-state index in [2.05, 4.69) is 0 Å². The summed E-state index contributed by atoms with van der Waals surface area (Å²) >= 11 is 0. The van der Waals surface area contributed by atoms with Gasteiger partial charge in [0, 0.05) is 0 Å². The highest BCUT2D eigenvalue weighted by Crippen LogP contribution is 2.29. The second-order valence-corrected chi connectivity index (χ2v) is 4.48. The molecule has 0 saturated heterocycles. The zero-order chi connectivity index (χ0) is 10.7. The monoisotopic (exact) mass is 206 g/mol. The first kappa shape index (κ1) is 10.5. The topological polar surface area (TPSA) is 40.5 Å². The first-order valence-corrected chi connectivity index (χ1v) is 5.71. The van der Waals surface area contributed by atoms with E-state index in [4.69, 9.17) is 5.11 Å². The van der Waals surface area contributed by atoms with E-state index in [0.29, 0.717) is 12.3 Å². The van der Waals surface area contributed by atoms with Crippen LogP contribution in [0.15, 0.2) is 24.3 Å². The molecule has 0 spiro atoms. The summed E-state index contributed by atoms with van der Waals surface area (Å²) in [6, 6.07) is 7.12. The van der Waals surface area contributed by atoms with Gasteiger partial charge in [-0.15, -0.1) is 0 Å². The molecule has 0 aromatic heterocycles. The lowest BCUT2D eigenvalue weighted by atomic mass is 9.95. The molecule has 1 fully saturated rings. The van der Waals surface area contributed by atoms with Gasteiger partial charge in [0.25, 0.3) is 0 Å². The van der Waals surface area contributed by atoms with Gasteiger partial charge in [-0.1, -0.05) is 25.0 Å². The SMILES string of the molecule is Oc1ccc(CC(O)C2CCCC2)cc1. The van der Waals surface area contributed by atoms with E-state index in [9.17, 15) is 5.11 Å². The predicted molar refractivity (Wildman–Crippen MR) is 59.8 cm³/mol. The lowest BCUT2D eigenvalue weighted by Gasteiger charge is -2.17. The molecule has 1 saturated carbocycles. The van der Waals surface area contributed by atoms with E-state index in [1.54, 1.807) is 12.1 Å². The fraction of sp³-hybridized carbons (Fsp3) is 0.538. The van der Waals surface area contributed by atoms with Crippen molar-refractivity contribution < 1.29 is 10.2 Å². The number of phenols is 1. The normalized spacial score (nSPS) is 19.3. The van der Waals surface area contributed by atoms with Crippen LogP contribution in [0.5, 0.6) is 5.75 Å². The molecule has 2 nitrogen and oxygen atoms in total. The molecule has 1 aliphatic carbocycles. The van der Waals surface area contributed by atoms with Crippen LogP contribution in [0.4, 0.5) is 0 Å². The standard InChI is InChI=1S/C13H18O2/c14-12-7-5-10(6-8-12)9-13(15)11-3-1-2-4-11/h5-8,11,13-15H,1-4,9H2. The highest BCUT2D eigenvalue weighted by molar-refractivity contribution is 5.26. The zero-order valence-corrected chi connectivity index (χ0v) is 8.89. The lowest BCUT2D eigenvalue weighted by Crippen LogP contribution is -2.20. The van der Waals surface area contributed by atoms with Crippen molar-refractivity contribution in [2.24, 2.45) is 5.92 Å². The molecule has 0 heterocycles. The van der Waals surface area contributed by atoms with Gasteiger partial charge in [-0.25, -0.2) is 0 Å². The largest absolute Gasteiger partial charge is 0.508 e. The van der Waals surface area contributed by atoms with Crippen LogP contribution in [0.1, 0.15) is 31.2 Å². The summed E-state index contributed by atoms with van der Waals surface area (Å²) < 4.78 is 0. The minimum absolute atomic E-state index is 0.211. The summed E-state index contributed by atoms with van der Waals surface area (Å²) in [7, 11) is 0. The maximum absolute atomic E-state index is 10.0. The number of hydrogen-bond acceptors (Lipinski definition) is 2. The van der Waals surface area contributed by atoms with Crippen molar-refractivity contribution in [3.05, 3.63) is 29.8 Å². The lowest BCUT2D eigenvalue weighted by molar-refractivity contribution is 0.111. The van der Waals surface area contributed by atoms with E-state index >= 15 is 0 Å². The van der Waals surface area contributed by atoms with Gasteiger partial charge in [-0.05, 0) is 42.9 Å². The summed E-state index contributed by atoms with van der Waals surface area (Å²) in [5.41, 5.74) is 1.10. The third kappa shape index (κ3) is 2.72. The van der Waals surface area contributed by atoms with Crippen molar-refractivity contribution in [3.8, 4) is 5.75 Å². The molecule has 2 N–H and O–H groups in total. The van der Waals surface area contributed by atoms with E-state index < -0.39 is 0 Å². The maximum atomic E-state index is 10.0. The third-order valence-corrected chi connectivity index (χ3v) is 3.33. The Balaban J connectivity index is 1.92. The number of hydrogen-bond donors (Lipinski definition) is 2. The summed E-state index contributed by atoms with van der Waals surface area (Å²) in [6.45, 7) is 0. The Morgan fingerprint density at radius 3 is 2.33 bits per heavy atom. The molecule has 1 aromatic carbocycles. The molecule has 0 radical (unpaired) electrons. The van der Waals surface area contributed by atoms with E-state index in [0.717, 1.165) is 5.56 Å². The average Bonchev–Trinajstić information content (AvgIpc) is 2.74. The Labute approximate surface area is 90.6 Å². The maximum Gasteiger partial charge on any atom is 0.115 e. The first-order valence-electron chi connectivity index (χ1n) is 5.71. The molecule has 0 aliphatic heterocycles. The Kier molecular flexibility index (Phi) is 3.27. The Hall–Kier alpha value is -1.02. The van der Waals surface area contributed by atoms with Gasteiger partial charge in [-0.3, -0.25) is 0 Å². The van der Waals surface area contributed by atoms with Gasteiger partial charge in [0.15, 0.2) is 0 Å². The number of benzene rings is 1. The van der Waals surface area contributed by atoms with Crippen LogP contribution < -0.4 is 0 Å². The van der Waals surface area contributed by atoms with Gasteiger partial charge in [0.05, 0.1) is 6.10 Å². The van der Waals surface area contributed by atoms with E-state index in [1.165, 1.54) is 25.7 Å². The van der Waals surface area contributed by atoms with Crippen molar-refractivity contribution in [1.82, 2.24) is 0 Å². The predicted octanol–water partition coefficient (Wildman–Crippen LogP) is 2.49. The van der Waals surface area contributed by atoms with Crippen LogP contribution in [0.25, 0.3) is 0 Å². The number of phenolic OH excluding ortho intramolecular Hbond substituents is 1. The van der Waals surface area contributed by atoms with Gasteiger partial charge >= 0.3 is 0 Å². The number of rotatable bonds is 3. The Morgan fingerprint density at radius 2 is 1.73 bits per heavy atom. The van der Waals surface area contributed by atoms with Crippen molar-refractivity contribution in [3.63, 3.8) is 0 Å². The Morgan fingerprint density at radius 1 is 1.13 bits per heavy atom. The smallest absolute Gasteiger partial charge is 0.115 e. The van der Waals surface area contributed by atoms with Crippen LogP contribution in [0, 0.1) is 5.92 Å². The van der Waals surface area contributed by atoms with Gasteiger partial charge in [0.1, 0.15) is 5.75 Å². The molecule has 1 aromatic rings. The van der Waals surface area contributed by atoms with Crippen molar-refractivity contribution in [2.45, 2.75) is 38.2 Å². The number of aliphatic hydroxyl groups is 1. The second kappa shape index (κ2) is 4.67. The molecule has 1 unspecified atom stereocenters. The molecule has 15 heavy (non-hydrogen) atoms. The van der Waals surface area contributed by atoms with Crippen LogP contribution in [-0.4, -0.2) is 16.3 Å². The molecule has 1 aliphatic rings. The van der Waals surface area contributed by atoms with Crippen LogP contribution in [-0.2, 0) is 6.42 Å². The molecule has 1 atom stereocenters. The summed E-state index contributed by atoms with van der Waals surface area (Å²) in [5, 5.41) is 19.1. The highest BCUT2D eigenvalue weighted by atomic mass is 16.3. The summed E-state index contributed by atoms with van der Waals surface area (Å²) in [4.78, 5) is 0. The number of aromatic hydroxyl groups is 1. The molecule has 2 heteroatoms. The molecular formula is C13H18O2. The number of aliphatic hydroxyl groups excluding tert-OH is 1. The van der Waals surface area contributed by atoms with E-state index in [1.807, 2.05) is 12.1 Å². The molecule has 0 amide bonds.